The molecule has 0 aliphatic rings. The molecule has 2 amide bonds. The third-order valence-electron chi connectivity index (χ3n) is 4.35. The summed E-state index contributed by atoms with van der Waals surface area (Å²) in [6, 6.07) is 8.97. The van der Waals surface area contributed by atoms with Crippen LogP contribution in [0, 0.1) is 11.6 Å². The normalized spacial score (nSPS) is 11.7. The highest BCUT2D eigenvalue weighted by molar-refractivity contribution is 6.33. The van der Waals surface area contributed by atoms with Crippen molar-refractivity contribution >= 4 is 23.4 Å². The SMILES string of the molecule is CNC(=O)C(NC(=O)CCc1ncc(-c2ccccc2Cl)o1)c1ccc(F)c(F)c1. The van der Waals surface area contributed by atoms with Gasteiger partial charge in [0.25, 0.3) is 0 Å². The molecule has 3 rings (SSSR count). The average Bonchev–Trinajstić information content (AvgIpc) is 3.21. The van der Waals surface area contributed by atoms with Crippen LogP contribution in [0.4, 0.5) is 8.78 Å². The third-order valence-corrected chi connectivity index (χ3v) is 4.68. The number of rotatable bonds is 7. The van der Waals surface area contributed by atoms with Crippen LogP contribution in [0.1, 0.15) is 23.9 Å². The van der Waals surface area contributed by atoms with Crippen molar-refractivity contribution in [1.29, 1.82) is 0 Å². The molecule has 0 aliphatic carbocycles. The van der Waals surface area contributed by atoms with Crippen LogP contribution >= 0.6 is 11.6 Å². The Balaban J connectivity index is 1.65. The molecule has 0 saturated heterocycles. The molecule has 2 aromatic carbocycles. The van der Waals surface area contributed by atoms with E-state index >= 15 is 0 Å². The van der Waals surface area contributed by atoms with E-state index in [1.165, 1.54) is 19.3 Å². The second-order valence-corrected chi connectivity index (χ2v) is 6.79. The van der Waals surface area contributed by atoms with Crippen molar-refractivity contribution in [1.82, 2.24) is 15.6 Å². The zero-order chi connectivity index (χ0) is 21.7. The fraction of sp³-hybridized carbons (Fsp3) is 0.190. The Labute approximate surface area is 176 Å². The largest absolute Gasteiger partial charge is 0.441 e. The van der Waals surface area contributed by atoms with Crippen molar-refractivity contribution in [3.05, 3.63) is 76.8 Å². The van der Waals surface area contributed by atoms with Crippen LogP contribution in [0.2, 0.25) is 5.02 Å². The zero-order valence-electron chi connectivity index (χ0n) is 15.9. The number of carbonyl (C=O) groups excluding carboxylic acids is 2. The van der Waals surface area contributed by atoms with Crippen LogP contribution in [0.5, 0.6) is 0 Å². The van der Waals surface area contributed by atoms with Gasteiger partial charge < -0.3 is 15.1 Å². The first-order chi connectivity index (χ1) is 14.4. The lowest BCUT2D eigenvalue weighted by atomic mass is 10.1. The minimum atomic E-state index is -1.17. The van der Waals surface area contributed by atoms with E-state index in [1.54, 1.807) is 18.2 Å². The Hall–Kier alpha value is -3.26. The van der Waals surface area contributed by atoms with Gasteiger partial charge in [-0.3, -0.25) is 9.59 Å². The van der Waals surface area contributed by atoms with Gasteiger partial charge in [0.05, 0.1) is 11.2 Å². The number of carbonyl (C=O) groups is 2. The number of amides is 2. The maximum absolute atomic E-state index is 13.5. The lowest BCUT2D eigenvalue weighted by Crippen LogP contribution is -2.39. The van der Waals surface area contributed by atoms with Crippen LogP contribution in [0.25, 0.3) is 11.3 Å². The number of hydrogen-bond donors (Lipinski definition) is 2. The molecule has 30 heavy (non-hydrogen) atoms. The van der Waals surface area contributed by atoms with Crippen molar-refractivity contribution in [3.63, 3.8) is 0 Å². The quantitative estimate of drug-likeness (QED) is 0.593. The first kappa shape index (κ1) is 21.4. The second kappa shape index (κ2) is 9.49. The number of likely N-dealkylation sites (N-methyl/N-ethyl adjacent to an activating group) is 1. The number of oxazole rings is 1. The topological polar surface area (TPSA) is 84.2 Å². The van der Waals surface area contributed by atoms with Gasteiger partial charge in [0.15, 0.2) is 23.3 Å². The Morgan fingerprint density at radius 2 is 1.93 bits per heavy atom. The van der Waals surface area contributed by atoms with Gasteiger partial charge in [0.2, 0.25) is 11.8 Å². The molecule has 1 atom stereocenters. The molecule has 6 nitrogen and oxygen atoms in total. The van der Waals surface area contributed by atoms with Crippen molar-refractivity contribution in [2.75, 3.05) is 7.05 Å². The Morgan fingerprint density at radius 1 is 1.17 bits per heavy atom. The number of aromatic nitrogens is 1. The molecule has 0 spiro atoms. The molecule has 0 bridgehead atoms. The zero-order valence-corrected chi connectivity index (χ0v) is 16.7. The molecular formula is C21H18ClF2N3O3. The fourth-order valence-corrected chi connectivity index (χ4v) is 3.03. The number of nitrogens with zero attached hydrogens (tertiary/aromatic N) is 1. The van der Waals surface area contributed by atoms with Gasteiger partial charge in [-0.25, -0.2) is 13.8 Å². The molecule has 3 aromatic rings. The average molecular weight is 434 g/mol. The highest BCUT2D eigenvalue weighted by atomic mass is 35.5. The number of halogens is 3. The van der Waals surface area contributed by atoms with E-state index < -0.39 is 29.5 Å². The van der Waals surface area contributed by atoms with E-state index in [0.29, 0.717) is 22.2 Å². The van der Waals surface area contributed by atoms with Gasteiger partial charge in [0.1, 0.15) is 6.04 Å². The molecule has 0 aliphatic heterocycles. The number of hydrogen-bond acceptors (Lipinski definition) is 4. The Bertz CT molecular complexity index is 1070. The van der Waals surface area contributed by atoms with Crippen molar-refractivity contribution in [2.45, 2.75) is 18.9 Å². The summed E-state index contributed by atoms with van der Waals surface area (Å²) in [5.41, 5.74) is 0.805. The van der Waals surface area contributed by atoms with Gasteiger partial charge in [-0.2, -0.15) is 0 Å². The molecule has 1 heterocycles. The van der Waals surface area contributed by atoms with E-state index in [1.807, 2.05) is 6.07 Å². The molecule has 1 unspecified atom stereocenters. The first-order valence-corrected chi connectivity index (χ1v) is 9.42. The van der Waals surface area contributed by atoms with Crippen LogP contribution in [0.15, 0.2) is 53.1 Å². The van der Waals surface area contributed by atoms with Crippen LogP contribution in [-0.4, -0.2) is 23.8 Å². The summed E-state index contributed by atoms with van der Waals surface area (Å²) in [7, 11) is 1.38. The fourth-order valence-electron chi connectivity index (χ4n) is 2.80. The van der Waals surface area contributed by atoms with Crippen molar-refractivity contribution in [3.8, 4) is 11.3 Å². The summed E-state index contributed by atoms with van der Waals surface area (Å²) < 4.78 is 32.4. The predicted octanol–water partition coefficient (Wildman–Crippen LogP) is 3.81. The molecule has 9 heteroatoms. The third kappa shape index (κ3) is 5.01. The molecule has 156 valence electrons. The Kier molecular flexibility index (Phi) is 6.79. The minimum Gasteiger partial charge on any atom is -0.441 e. The summed E-state index contributed by atoms with van der Waals surface area (Å²) in [6.07, 6.45) is 1.66. The number of nitrogens with one attached hydrogen (secondary N) is 2. The van der Waals surface area contributed by atoms with Gasteiger partial charge in [-0.1, -0.05) is 29.8 Å². The summed E-state index contributed by atoms with van der Waals surface area (Å²) in [4.78, 5) is 28.6. The van der Waals surface area contributed by atoms with Gasteiger partial charge in [-0.15, -0.1) is 0 Å². The summed E-state index contributed by atoms with van der Waals surface area (Å²) >= 11 is 6.14. The second-order valence-electron chi connectivity index (χ2n) is 6.39. The maximum Gasteiger partial charge on any atom is 0.246 e. The van der Waals surface area contributed by atoms with Crippen molar-refractivity contribution in [2.24, 2.45) is 0 Å². The van der Waals surface area contributed by atoms with Crippen LogP contribution < -0.4 is 10.6 Å². The maximum atomic E-state index is 13.5. The van der Waals surface area contributed by atoms with Gasteiger partial charge >= 0.3 is 0 Å². The highest BCUT2D eigenvalue weighted by Crippen LogP contribution is 2.28. The summed E-state index contributed by atoms with van der Waals surface area (Å²) in [5.74, 6) is -2.40. The summed E-state index contributed by atoms with van der Waals surface area (Å²) in [6.45, 7) is 0. The van der Waals surface area contributed by atoms with Crippen molar-refractivity contribution < 1.29 is 22.8 Å². The van der Waals surface area contributed by atoms with E-state index in [-0.39, 0.29) is 18.4 Å². The van der Waals surface area contributed by atoms with E-state index in [0.717, 1.165) is 12.1 Å². The molecule has 1 aromatic heterocycles. The van der Waals surface area contributed by atoms with E-state index in [4.69, 9.17) is 16.0 Å². The monoisotopic (exact) mass is 433 g/mol. The standard InChI is InChI=1S/C21H18ClF2N3O3/c1-25-21(29)20(12-6-7-15(23)16(24)10-12)27-18(28)8-9-19-26-11-17(30-19)13-4-2-3-5-14(13)22/h2-7,10-11,20H,8-9H2,1H3,(H,25,29)(H,27,28). The van der Waals surface area contributed by atoms with E-state index in [2.05, 4.69) is 15.6 Å². The van der Waals surface area contributed by atoms with Gasteiger partial charge in [0, 0.05) is 25.5 Å². The smallest absolute Gasteiger partial charge is 0.246 e. The molecule has 0 saturated carbocycles. The van der Waals surface area contributed by atoms with Gasteiger partial charge in [-0.05, 0) is 29.8 Å². The molecule has 0 radical (unpaired) electrons. The molecule has 2 N–H and O–H groups in total. The molecule has 0 fully saturated rings. The first-order valence-electron chi connectivity index (χ1n) is 9.04. The number of benzene rings is 2. The highest BCUT2D eigenvalue weighted by Gasteiger charge is 2.23. The molecular weight excluding hydrogens is 416 g/mol. The Morgan fingerprint density at radius 3 is 2.63 bits per heavy atom. The predicted molar refractivity (Wildman–Crippen MR) is 107 cm³/mol. The lowest BCUT2D eigenvalue weighted by molar-refractivity contribution is -0.128. The van der Waals surface area contributed by atoms with E-state index in [9.17, 15) is 18.4 Å². The van der Waals surface area contributed by atoms with Crippen LogP contribution in [0.3, 0.4) is 0 Å². The number of aryl methyl sites for hydroxylation is 1. The minimum absolute atomic E-state index is 0.0281. The lowest BCUT2D eigenvalue weighted by Gasteiger charge is -2.17. The summed E-state index contributed by atoms with van der Waals surface area (Å²) in [5, 5.41) is 5.42. The van der Waals surface area contributed by atoms with Crippen LogP contribution in [-0.2, 0) is 16.0 Å².